The molecule has 9 heteroatoms. The number of hydrogen-bond donors (Lipinski definition) is 2. The van der Waals surface area contributed by atoms with Crippen molar-refractivity contribution in [2.75, 3.05) is 40.5 Å². The van der Waals surface area contributed by atoms with Crippen LogP contribution in [0.4, 0.5) is 4.39 Å². The molecule has 39 heavy (non-hydrogen) atoms. The fourth-order valence-corrected chi connectivity index (χ4v) is 5.17. The van der Waals surface area contributed by atoms with Gasteiger partial charge in [0.25, 0.3) is 0 Å². The zero-order chi connectivity index (χ0) is 28.2. The predicted octanol–water partition coefficient (Wildman–Crippen LogP) is 3.50. The minimum absolute atomic E-state index is 0.00903. The van der Waals surface area contributed by atoms with E-state index in [1.54, 1.807) is 19.1 Å². The van der Waals surface area contributed by atoms with Crippen LogP contribution in [0.3, 0.4) is 0 Å². The number of rotatable bonds is 14. The lowest BCUT2D eigenvalue weighted by Gasteiger charge is -2.32. The molecule has 2 aromatic carbocycles. The van der Waals surface area contributed by atoms with Gasteiger partial charge >= 0.3 is 0 Å². The zero-order valence-corrected chi connectivity index (χ0v) is 22.9. The average Bonchev–Trinajstić information content (AvgIpc) is 2.95. The lowest BCUT2D eigenvalue weighted by molar-refractivity contribution is -0.132. The molecule has 2 aromatic rings. The first-order valence-corrected chi connectivity index (χ1v) is 13.5. The average molecular weight is 542 g/mol. The fourth-order valence-electron chi connectivity index (χ4n) is 5.17. The second-order valence-electron chi connectivity index (χ2n) is 10.0. The molecular weight excluding hydrogens is 501 g/mol. The Hall–Kier alpha value is -3.30. The Morgan fingerprint density at radius 1 is 0.974 bits per heavy atom. The summed E-state index contributed by atoms with van der Waals surface area (Å²) in [5, 5.41) is 2.81. The molecule has 0 radical (unpaired) electrons. The van der Waals surface area contributed by atoms with Crippen LogP contribution >= 0.6 is 0 Å². The summed E-state index contributed by atoms with van der Waals surface area (Å²) in [6.07, 6.45) is 4.51. The first-order chi connectivity index (χ1) is 18.8. The summed E-state index contributed by atoms with van der Waals surface area (Å²) in [6.45, 7) is 2.01. The molecule has 3 rings (SSSR count). The Morgan fingerprint density at radius 3 is 2.18 bits per heavy atom. The molecule has 3 amide bonds. The van der Waals surface area contributed by atoms with Crippen molar-refractivity contribution in [2.24, 2.45) is 11.7 Å². The second kappa shape index (κ2) is 15.3. The van der Waals surface area contributed by atoms with Crippen LogP contribution in [0.15, 0.2) is 48.5 Å². The van der Waals surface area contributed by atoms with Gasteiger partial charge in [-0.25, -0.2) is 4.39 Å². The van der Waals surface area contributed by atoms with Crippen LogP contribution in [-0.2, 0) is 30.3 Å². The molecule has 0 spiro atoms. The minimum Gasteiger partial charge on any atom is -0.383 e. The van der Waals surface area contributed by atoms with Crippen molar-refractivity contribution >= 4 is 17.7 Å². The van der Waals surface area contributed by atoms with Crippen molar-refractivity contribution in [3.63, 3.8) is 0 Å². The van der Waals surface area contributed by atoms with Crippen molar-refractivity contribution in [1.29, 1.82) is 0 Å². The summed E-state index contributed by atoms with van der Waals surface area (Å²) in [4.78, 5) is 40.0. The monoisotopic (exact) mass is 541 g/mol. The van der Waals surface area contributed by atoms with E-state index in [1.165, 1.54) is 24.3 Å². The van der Waals surface area contributed by atoms with E-state index in [0.29, 0.717) is 51.1 Å². The van der Waals surface area contributed by atoms with Gasteiger partial charge in [-0.3, -0.25) is 14.4 Å². The molecule has 1 fully saturated rings. The quantitative estimate of drug-likeness (QED) is 0.380. The Balaban J connectivity index is 1.64. The predicted molar refractivity (Wildman–Crippen MR) is 146 cm³/mol. The summed E-state index contributed by atoms with van der Waals surface area (Å²) >= 11 is 0. The maximum Gasteiger partial charge on any atom is 0.244 e. The van der Waals surface area contributed by atoms with Gasteiger partial charge in [0.15, 0.2) is 0 Å². The number of nitrogens with zero attached hydrogens (tertiary/aromatic N) is 1. The van der Waals surface area contributed by atoms with Gasteiger partial charge in [-0.15, -0.1) is 0 Å². The molecule has 1 aliphatic carbocycles. The third-order valence-corrected chi connectivity index (χ3v) is 7.40. The molecule has 0 aliphatic heterocycles. The van der Waals surface area contributed by atoms with Crippen molar-refractivity contribution < 1.29 is 28.2 Å². The van der Waals surface area contributed by atoms with E-state index in [9.17, 15) is 18.8 Å². The summed E-state index contributed by atoms with van der Waals surface area (Å²) < 4.78 is 23.6. The third kappa shape index (κ3) is 8.86. The van der Waals surface area contributed by atoms with Crippen LogP contribution in [0.5, 0.6) is 0 Å². The maximum atomic E-state index is 13.4. The number of nitrogens with one attached hydrogen (secondary N) is 1. The number of amides is 3. The molecule has 3 N–H and O–H groups in total. The molecule has 1 aliphatic rings. The van der Waals surface area contributed by atoms with Gasteiger partial charge in [0.2, 0.25) is 17.7 Å². The van der Waals surface area contributed by atoms with E-state index < -0.39 is 17.8 Å². The Morgan fingerprint density at radius 2 is 1.59 bits per heavy atom. The topological polar surface area (TPSA) is 111 Å². The lowest BCUT2D eigenvalue weighted by atomic mass is 9.74. The molecule has 212 valence electrons. The molecular formula is C30H40FN3O5. The molecule has 3 atom stereocenters. The van der Waals surface area contributed by atoms with E-state index in [-0.39, 0.29) is 23.7 Å². The summed E-state index contributed by atoms with van der Waals surface area (Å²) in [5.74, 6) is -1.58. The lowest BCUT2D eigenvalue weighted by Crippen LogP contribution is -2.42. The number of aryl methyl sites for hydroxylation is 1. The highest BCUT2D eigenvalue weighted by Crippen LogP contribution is 2.38. The summed E-state index contributed by atoms with van der Waals surface area (Å²) in [7, 11) is 3.23. The van der Waals surface area contributed by atoms with Crippen molar-refractivity contribution in [2.45, 2.75) is 50.5 Å². The van der Waals surface area contributed by atoms with Crippen molar-refractivity contribution in [1.82, 2.24) is 10.2 Å². The van der Waals surface area contributed by atoms with Gasteiger partial charge < -0.3 is 25.4 Å². The van der Waals surface area contributed by atoms with Crippen LogP contribution in [0.1, 0.15) is 60.8 Å². The molecule has 0 aromatic heterocycles. The summed E-state index contributed by atoms with van der Waals surface area (Å²) in [6, 6.07) is 12.5. The van der Waals surface area contributed by atoms with Gasteiger partial charge in [-0.05, 0) is 54.0 Å². The van der Waals surface area contributed by atoms with Gasteiger partial charge in [0, 0.05) is 39.6 Å². The number of methoxy groups -OCH3 is 2. The summed E-state index contributed by atoms with van der Waals surface area (Å²) in [5.41, 5.74) is 8.13. The van der Waals surface area contributed by atoms with E-state index >= 15 is 0 Å². The SMILES string of the molecule is COCCN(CCOC)C(=O)CCc1ccc([C@@H]2CCCC[C@H]2C(=O)N[C@H](C(N)=O)c2ccc(F)cc2)cc1. The Kier molecular flexibility index (Phi) is 11.9. The molecule has 8 nitrogen and oxygen atoms in total. The van der Waals surface area contributed by atoms with E-state index in [4.69, 9.17) is 15.2 Å². The maximum absolute atomic E-state index is 13.4. The second-order valence-corrected chi connectivity index (χ2v) is 10.0. The Labute approximate surface area is 230 Å². The van der Waals surface area contributed by atoms with E-state index in [1.807, 2.05) is 24.3 Å². The number of hydrogen-bond acceptors (Lipinski definition) is 5. The molecule has 1 saturated carbocycles. The van der Waals surface area contributed by atoms with Crippen LogP contribution in [0, 0.1) is 11.7 Å². The highest BCUT2D eigenvalue weighted by Gasteiger charge is 2.34. The first-order valence-electron chi connectivity index (χ1n) is 13.5. The zero-order valence-electron chi connectivity index (χ0n) is 22.9. The standard InChI is InChI=1S/C30H40FN3O5/c1-38-19-17-34(18-20-39-2)27(35)16-9-21-7-10-22(11-8-21)25-5-3-4-6-26(25)30(37)33-28(29(32)36)23-12-14-24(31)15-13-23/h7-8,10-15,25-26,28H,3-6,9,16-20H2,1-2H3,(H2,32,36)(H,33,37)/t25-,26+,28-/m0/s1. The van der Waals surface area contributed by atoms with Crippen LogP contribution in [0.2, 0.25) is 0 Å². The number of carbonyl (C=O) groups excluding carboxylic acids is 3. The third-order valence-electron chi connectivity index (χ3n) is 7.40. The molecule has 0 heterocycles. The van der Waals surface area contributed by atoms with Gasteiger partial charge in [-0.2, -0.15) is 0 Å². The molecule has 0 saturated heterocycles. The van der Waals surface area contributed by atoms with Gasteiger partial charge in [0.05, 0.1) is 13.2 Å². The smallest absolute Gasteiger partial charge is 0.244 e. The highest BCUT2D eigenvalue weighted by atomic mass is 19.1. The van der Waals surface area contributed by atoms with Crippen molar-refractivity contribution in [3.8, 4) is 0 Å². The van der Waals surface area contributed by atoms with Crippen LogP contribution < -0.4 is 11.1 Å². The number of ether oxygens (including phenoxy) is 2. The largest absolute Gasteiger partial charge is 0.383 e. The van der Waals surface area contributed by atoms with Crippen LogP contribution in [-0.4, -0.2) is 63.1 Å². The highest BCUT2D eigenvalue weighted by molar-refractivity contribution is 5.89. The number of nitrogens with two attached hydrogens (primary N) is 1. The fraction of sp³-hybridized carbons (Fsp3) is 0.500. The van der Waals surface area contributed by atoms with Crippen LogP contribution in [0.25, 0.3) is 0 Å². The molecule has 0 bridgehead atoms. The molecule has 0 unspecified atom stereocenters. The van der Waals surface area contributed by atoms with E-state index in [0.717, 1.165) is 30.4 Å². The first kappa shape index (κ1) is 30.2. The minimum atomic E-state index is -1.02. The van der Waals surface area contributed by atoms with Gasteiger partial charge in [0.1, 0.15) is 11.9 Å². The number of primary amides is 1. The number of carbonyl (C=O) groups is 3. The normalized spacial score (nSPS) is 17.8. The van der Waals surface area contributed by atoms with Gasteiger partial charge in [-0.1, -0.05) is 49.2 Å². The van der Waals surface area contributed by atoms with Crippen molar-refractivity contribution in [3.05, 3.63) is 71.0 Å². The Bertz CT molecular complexity index is 1070. The van der Waals surface area contributed by atoms with E-state index in [2.05, 4.69) is 5.32 Å². The number of benzene rings is 2. The number of halogens is 1.